The first-order chi connectivity index (χ1) is 10.8. The zero-order chi connectivity index (χ0) is 17.0. The third-order valence-corrected chi connectivity index (χ3v) is 3.27. The van der Waals surface area contributed by atoms with Crippen LogP contribution in [0.15, 0.2) is 42.6 Å². The molecule has 1 heterocycles. The number of carbonyl (C=O) groups is 1. The van der Waals surface area contributed by atoms with Gasteiger partial charge in [-0.2, -0.15) is 13.2 Å². The van der Waals surface area contributed by atoms with Gasteiger partial charge in [-0.1, -0.05) is 23.7 Å². The van der Waals surface area contributed by atoms with Gasteiger partial charge in [-0.15, -0.1) is 0 Å². The van der Waals surface area contributed by atoms with E-state index in [1.807, 2.05) is 0 Å². The Kier molecular flexibility index (Phi) is 5.23. The number of alkyl halides is 3. The Balaban J connectivity index is 2.01. The summed E-state index contributed by atoms with van der Waals surface area (Å²) in [6.45, 7) is -0.233. The molecule has 1 aromatic heterocycles. The average molecular weight is 345 g/mol. The lowest BCUT2D eigenvalue weighted by Gasteiger charge is -2.14. The topological polar surface area (TPSA) is 62.2 Å². The predicted molar refractivity (Wildman–Crippen MR) is 78.0 cm³/mol. The molecule has 0 aliphatic heterocycles. The normalized spacial score (nSPS) is 12.7. The zero-order valence-electron chi connectivity index (χ0n) is 11.6. The van der Waals surface area contributed by atoms with Gasteiger partial charge in [0.2, 0.25) is 0 Å². The van der Waals surface area contributed by atoms with Crippen molar-refractivity contribution < 1.29 is 23.1 Å². The molecule has 0 unspecified atom stereocenters. The van der Waals surface area contributed by atoms with E-state index < -0.39 is 23.8 Å². The first-order valence-corrected chi connectivity index (χ1v) is 6.90. The van der Waals surface area contributed by atoms with Gasteiger partial charge in [0.05, 0.1) is 17.2 Å². The van der Waals surface area contributed by atoms with Gasteiger partial charge < -0.3 is 10.4 Å². The minimum atomic E-state index is -4.49. The minimum Gasteiger partial charge on any atom is -0.387 e. The molecule has 8 heteroatoms. The summed E-state index contributed by atoms with van der Waals surface area (Å²) in [5.41, 5.74) is -0.567. The number of benzene rings is 1. The molecular formula is C15H12ClF3N2O2. The van der Waals surface area contributed by atoms with E-state index in [0.717, 1.165) is 12.1 Å². The quantitative estimate of drug-likeness (QED) is 0.837. The largest absolute Gasteiger partial charge is 0.416 e. The van der Waals surface area contributed by atoms with E-state index in [0.29, 0.717) is 0 Å². The Morgan fingerprint density at radius 3 is 2.65 bits per heavy atom. The average Bonchev–Trinajstić information content (AvgIpc) is 2.52. The second-order valence-electron chi connectivity index (χ2n) is 4.72. The molecular weight excluding hydrogens is 333 g/mol. The number of hydrogen-bond donors (Lipinski definition) is 2. The van der Waals surface area contributed by atoms with Gasteiger partial charge in [-0.25, -0.2) is 4.98 Å². The fourth-order valence-corrected chi connectivity index (χ4v) is 1.95. The summed E-state index contributed by atoms with van der Waals surface area (Å²) in [4.78, 5) is 15.6. The molecule has 4 nitrogen and oxygen atoms in total. The summed E-state index contributed by atoms with van der Waals surface area (Å²) >= 11 is 5.60. The van der Waals surface area contributed by atoms with E-state index >= 15 is 0 Å². The fraction of sp³-hybridized carbons (Fsp3) is 0.200. The Hall–Kier alpha value is -2.12. The summed E-state index contributed by atoms with van der Waals surface area (Å²) in [5, 5.41) is 12.6. The van der Waals surface area contributed by atoms with Crippen LogP contribution in [0.25, 0.3) is 0 Å². The molecule has 0 fully saturated rings. The highest BCUT2D eigenvalue weighted by atomic mass is 35.5. The molecule has 0 aliphatic carbocycles. The highest BCUT2D eigenvalue weighted by Gasteiger charge is 2.30. The molecule has 0 saturated carbocycles. The number of nitrogens with one attached hydrogen (secondary N) is 1. The number of amides is 1. The number of aromatic nitrogens is 1. The molecule has 0 aliphatic rings. The molecule has 2 N–H and O–H groups in total. The molecule has 1 aromatic carbocycles. The third kappa shape index (κ3) is 4.67. The summed E-state index contributed by atoms with van der Waals surface area (Å²) in [7, 11) is 0. The number of nitrogens with zero attached hydrogens (tertiary/aromatic N) is 1. The number of halogens is 4. The van der Waals surface area contributed by atoms with E-state index in [1.165, 1.54) is 30.5 Å². The van der Waals surface area contributed by atoms with Crippen LogP contribution in [0.3, 0.4) is 0 Å². The van der Waals surface area contributed by atoms with E-state index in [4.69, 9.17) is 11.6 Å². The van der Waals surface area contributed by atoms with Crippen molar-refractivity contribution in [2.75, 3.05) is 6.54 Å². The first kappa shape index (κ1) is 17.2. The van der Waals surface area contributed by atoms with Gasteiger partial charge in [0.15, 0.2) is 0 Å². The summed E-state index contributed by atoms with van der Waals surface area (Å²) < 4.78 is 37.9. The summed E-state index contributed by atoms with van der Waals surface area (Å²) in [6, 6.07) is 7.19. The maximum absolute atomic E-state index is 12.6. The van der Waals surface area contributed by atoms with E-state index in [1.54, 1.807) is 0 Å². The van der Waals surface area contributed by atoms with Crippen LogP contribution >= 0.6 is 11.6 Å². The molecule has 0 radical (unpaired) electrons. The number of hydrogen-bond acceptors (Lipinski definition) is 3. The second-order valence-corrected chi connectivity index (χ2v) is 5.11. The molecule has 0 bridgehead atoms. The lowest BCUT2D eigenvalue weighted by Crippen LogP contribution is -2.28. The predicted octanol–water partition coefficient (Wildman–Crippen LogP) is 3.22. The van der Waals surface area contributed by atoms with Gasteiger partial charge in [0.25, 0.3) is 5.91 Å². The number of carbonyl (C=O) groups excluding carboxylic acids is 1. The molecule has 23 heavy (non-hydrogen) atoms. The van der Waals surface area contributed by atoms with Crippen molar-refractivity contribution in [3.8, 4) is 0 Å². The monoisotopic (exact) mass is 344 g/mol. The Bertz CT molecular complexity index is 690. The Morgan fingerprint density at radius 2 is 2.04 bits per heavy atom. The van der Waals surface area contributed by atoms with Gasteiger partial charge in [0, 0.05) is 12.7 Å². The number of aliphatic hydroxyl groups excluding tert-OH is 1. The van der Waals surface area contributed by atoms with E-state index in [2.05, 4.69) is 10.3 Å². The van der Waals surface area contributed by atoms with Crippen LogP contribution < -0.4 is 5.32 Å². The molecule has 122 valence electrons. The van der Waals surface area contributed by atoms with Crippen molar-refractivity contribution in [2.45, 2.75) is 12.3 Å². The van der Waals surface area contributed by atoms with Crippen LogP contribution in [0.2, 0.25) is 5.15 Å². The summed E-state index contributed by atoms with van der Waals surface area (Å²) in [5.74, 6) is -0.514. The van der Waals surface area contributed by atoms with Crippen molar-refractivity contribution in [1.82, 2.24) is 10.3 Å². The van der Waals surface area contributed by atoms with Gasteiger partial charge in [-0.3, -0.25) is 4.79 Å². The lowest BCUT2D eigenvalue weighted by molar-refractivity contribution is -0.137. The van der Waals surface area contributed by atoms with Crippen molar-refractivity contribution in [3.63, 3.8) is 0 Å². The first-order valence-electron chi connectivity index (χ1n) is 6.52. The zero-order valence-corrected chi connectivity index (χ0v) is 12.4. The van der Waals surface area contributed by atoms with Crippen molar-refractivity contribution >= 4 is 17.5 Å². The minimum absolute atomic E-state index is 0.0642. The van der Waals surface area contributed by atoms with Crippen LogP contribution in [0.1, 0.15) is 27.6 Å². The maximum Gasteiger partial charge on any atom is 0.416 e. The standard InChI is InChI=1S/C15H12ClF3N2O2/c16-13-5-4-10(7-20-13)14(23)21-8-12(22)9-2-1-3-11(6-9)15(17,18)19/h1-7,12,22H,8H2,(H,21,23)/t12-/m0/s1. The van der Waals surface area contributed by atoms with E-state index in [9.17, 15) is 23.1 Å². The van der Waals surface area contributed by atoms with Crippen LogP contribution in [0.5, 0.6) is 0 Å². The fourth-order valence-electron chi connectivity index (χ4n) is 1.84. The number of rotatable bonds is 4. The van der Waals surface area contributed by atoms with Crippen LogP contribution in [-0.4, -0.2) is 22.5 Å². The van der Waals surface area contributed by atoms with Crippen molar-refractivity contribution in [3.05, 3.63) is 64.4 Å². The smallest absolute Gasteiger partial charge is 0.387 e. The Morgan fingerprint density at radius 1 is 1.30 bits per heavy atom. The van der Waals surface area contributed by atoms with Gasteiger partial charge >= 0.3 is 6.18 Å². The SMILES string of the molecule is O=C(NC[C@H](O)c1cccc(C(F)(F)F)c1)c1ccc(Cl)nc1. The molecule has 2 rings (SSSR count). The maximum atomic E-state index is 12.6. The molecule has 2 aromatic rings. The van der Waals surface area contributed by atoms with Crippen LogP contribution in [-0.2, 0) is 6.18 Å². The number of pyridine rings is 1. The van der Waals surface area contributed by atoms with Crippen molar-refractivity contribution in [1.29, 1.82) is 0 Å². The second kappa shape index (κ2) is 6.97. The third-order valence-electron chi connectivity index (χ3n) is 3.04. The molecule has 1 atom stereocenters. The van der Waals surface area contributed by atoms with Gasteiger partial charge in [-0.05, 0) is 29.8 Å². The summed E-state index contributed by atoms with van der Waals surface area (Å²) in [6.07, 6.45) is -4.50. The molecule has 0 saturated heterocycles. The number of aliphatic hydroxyl groups is 1. The van der Waals surface area contributed by atoms with E-state index in [-0.39, 0.29) is 22.8 Å². The molecule has 0 spiro atoms. The molecule has 1 amide bonds. The highest BCUT2D eigenvalue weighted by molar-refractivity contribution is 6.29. The van der Waals surface area contributed by atoms with Crippen LogP contribution in [0.4, 0.5) is 13.2 Å². The van der Waals surface area contributed by atoms with Crippen molar-refractivity contribution in [2.24, 2.45) is 0 Å². The highest BCUT2D eigenvalue weighted by Crippen LogP contribution is 2.30. The van der Waals surface area contributed by atoms with Crippen LogP contribution in [0, 0.1) is 0 Å². The Labute approximate surface area is 134 Å². The lowest BCUT2D eigenvalue weighted by atomic mass is 10.1. The van der Waals surface area contributed by atoms with Gasteiger partial charge in [0.1, 0.15) is 5.15 Å².